The first-order chi connectivity index (χ1) is 9.75. The minimum Gasteiger partial charge on any atom is -0.356 e. The second-order valence-electron chi connectivity index (χ2n) is 4.56. The van der Waals surface area contributed by atoms with Gasteiger partial charge in [0.2, 0.25) is 0 Å². The van der Waals surface area contributed by atoms with Crippen molar-refractivity contribution < 1.29 is 4.79 Å². The number of fused-ring (bicyclic) bond motifs is 2. The van der Waals surface area contributed by atoms with E-state index in [-0.39, 0.29) is 5.91 Å². The number of H-pyrrole nitrogens is 1. The number of carbonyl (C=O) groups excluding carboxylic acids is 1. The van der Waals surface area contributed by atoms with Crippen molar-refractivity contribution in [3.8, 4) is 10.6 Å². The number of rotatable bonds is 1. The van der Waals surface area contributed by atoms with E-state index in [1.54, 1.807) is 6.20 Å². The largest absolute Gasteiger partial charge is 0.356 e. The van der Waals surface area contributed by atoms with Crippen LogP contribution in [0.1, 0.15) is 16.1 Å². The Morgan fingerprint density at radius 2 is 2.30 bits per heavy atom. The van der Waals surface area contributed by atoms with Crippen molar-refractivity contribution in [1.82, 2.24) is 19.7 Å². The number of nitrogens with one attached hydrogen (secondary N) is 2. The summed E-state index contributed by atoms with van der Waals surface area (Å²) in [5.74, 6) is -0.0000648. The van der Waals surface area contributed by atoms with Crippen LogP contribution in [-0.2, 0) is 6.42 Å². The Kier molecular flexibility index (Phi) is 2.77. The average molecular weight is 396 g/mol. The molecule has 3 aromatic rings. The molecule has 1 aliphatic heterocycles. The van der Waals surface area contributed by atoms with Gasteiger partial charge in [-0.2, -0.15) is 4.37 Å². The molecule has 4 heterocycles. The molecule has 0 bridgehead atoms. The fraction of sp³-hybridized carbons (Fsp3) is 0.154. The lowest BCUT2D eigenvalue weighted by atomic mass is 10.1. The average Bonchev–Trinajstić information content (AvgIpc) is 3.01. The predicted octanol–water partition coefficient (Wildman–Crippen LogP) is 2.58. The Morgan fingerprint density at radius 1 is 1.40 bits per heavy atom. The number of hydrogen-bond acceptors (Lipinski definition) is 4. The second-order valence-corrected chi connectivity index (χ2v) is 6.41. The maximum Gasteiger partial charge on any atom is 0.254 e. The zero-order valence-corrected chi connectivity index (χ0v) is 13.2. The summed E-state index contributed by atoms with van der Waals surface area (Å²) in [5, 5.41) is 2.88. The van der Waals surface area contributed by atoms with Crippen molar-refractivity contribution in [3.63, 3.8) is 0 Å². The minimum atomic E-state index is -0.0000648. The molecule has 0 spiro atoms. The molecule has 0 saturated carbocycles. The number of halogens is 1. The third kappa shape index (κ3) is 1.69. The Labute approximate surface area is 132 Å². The van der Waals surface area contributed by atoms with Crippen LogP contribution < -0.4 is 5.32 Å². The van der Waals surface area contributed by atoms with Crippen LogP contribution in [0.15, 0.2) is 18.3 Å². The number of hydrogen-bond donors (Lipinski definition) is 2. The molecule has 5 nitrogen and oxygen atoms in total. The molecule has 0 saturated heterocycles. The van der Waals surface area contributed by atoms with E-state index in [1.807, 2.05) is 12.1 Å². The molecule has 7 heteroatoms. The Hall–Kier alpha value is -1.48. The van der Waals surface area contributed by atoms with E-state index in [1.165, 1.54) is 11.5 Å². The number of amides is 1. The monoisotopic (exact) mass is 396 g/mol. The lowest BCUT2D eigenvalue weighted by Crippen LogP contribution is -2.31. The fourth-order valence-corrected chi connectivity index (χ4v) is 4.43. The third-order valence-corrected chi connectivity index (χ3v) is 5.31. The van der Waals surface area contributed by atoms with Gasteiger partial charge in [-0.3, -0.25) is 9.78 Å². The highest BCUT2D eigenvalue weighted by atomic mass is 127. The topological polar surface area (TPSA) is 70.7 Å². The van der Waals surface area contributed by atoms with Crippen molar-refractivity contribution in [1.29, 1.82) is 0 Å². The van der Waals surface area contributed by atoms with Crippen LogP contribution in [0.2, 0.25) is 0 Å². The van der Waals surface area contributed by atoms with E-state index in [0.717, 1.165) is 42.9 Å². The number of pyridine rings is 1. The summed E-state index contributed by atoms with van der Waals surface area (Å²) in [6.45, 7) is 0.684. The van der Waals surface area contributed by atoms with E-state index >= 15 is 0 Å². The van der Waals surface area contributed by atoms with Gasteiger partial charge in [0.1, 0.15) is 11.0 Å². The van der Waals surface area contributed by atoms with Gasteiger partial charge in [-0.15, -0.1) is 0 Å². The second kappa shape index (κ2) is 4.52. The lowest BCUT2D eigenvalue weighted by molar-refractivity contribution is 0.0945. The zero-order valence-electron chi connectivity index (χ0n) is 10.2. The lowest BCUT2D eigenvalue weighted by Gasteiger charge is -2.11. The molecule has 1 aliphatic rings. The highest BCUT2D eigenvalue weighted by Gasteiger charge is 2.26. The van der Waals surface area contributed by atoms with E-state index in [2.05, 4.69) is 42.2 Å². The molecule has 0 radical (unpaired) electrons. The first-order valence-electron chi connectivity index (χ1n) is 6.15. The summed E-state index contributed by atoms with van der Waals surface area (Å²) >= 11 is 3.64. The van der Waals surface area contributed by atoms with Crippen molar-refractivity contribution in [3.05, 3.63) is 33.2 Å². The van der Waals surface area contributed by atoms with Gasteiger partial charge < -0.3 is 10.3 Å². The summed E-state index contributed by atoms with van der Waals surface area (Å²) in [5.41, 5.74) is 4.50. The van der Waals surface area contributed by atoms with E-state index in [0.29, 0.717) is 6.54 Å². The third-order valence-electron chi connectivity index (χ3n) is 3.37. The van der Waals surface area contributed by atoms with Crippen molar-refractivity contribution >= 4 is 51.1 Å². The van der Waals surface area contributed by atoms with Gasteiger partial charge in [0, 0.05) is 24.9 Å². The molecule has 2 N–H and O–H groups in total. The van der Waals surface area contributed by atoms with Crippen LogP contribution in [0.3, 0.4) is 0 Å². The number of aromatic amines is 1. The number of aromatic nitrogens is 3. The normalized spacial score (nSPS) is 14.3. The Bertz CT molecular complexity index is 838. The molecular weight excluding hydrogens is 387 g/mol. The van der Waals surface area contributed by atoms with Crippen molar-refractivity contribution in [2.45, 2.75) is 6.42 Å². The van der Waals surface area contributed by atoms with Gasteiger partial charge in [-0.25, -0.2) is 0 Å². The molecule has 0 aromatic carbocycles. The predicted molar refractivity (Wildman–Crippen MR) is 86.0 cm³/mol. The Balaban J connectivity index is 1.97. The fourth-order valence-electron chi connectivity index (χ4n) is 2.44. The van der Waals surface area contributed by atoms with Gasteiger partial charge >= 0.3 is 0 Å². The van der Waals surface area contributed by atoms with Crippen LogP contribution in [0, 0.1) is 3.57 Å². The molecule has 100 valence electrons. The maximum atomic E-state index is 12.0. The van der Waals surface area contributed by atoms with Gasteiger partial charge in [0.15, 0.2) is 0 Å². The molecule has 0 atom stereocenters. The molecule has 4 rings (SSSR count). The molecule has 0 aliphatic carbocycles. The van der Waals surface area contributed by atoms with E-state index in [4.69, 9.17) is 0 Å². The van der Waals surface area contributed by atoms with Crippen LogP contribution in [0.4, 0.5) is 0 Å². The summed E-state index contributed by atoms with van der Waals surface area (Å²) in [4.78, 5) is 20.8. The van der Waals surface area contributed by atoms with E-state index in [9.17, 15) is 4.79 Å². The molecule has 3 aromatic heterocycles. The summed E-state index contributed by atoms with van der Waals surface area (Å²) < 4.78 is 5.37. The van der Waals surface area contributed by atoms with Gasteiger partial charge in [-0.1, -0.05) is 0 Å². The van der Waals surface area contributed by atoms with Gasteiger partial charge in [0.05, 0.1) is 19.7 Å². The standard InChI is InChI=1S/C13H9IN4OS/c14-9-8-6(3-5-16-13(8)19)17-11(9)12-10-7(18-20-12)2-1-4-15-10/h1-2,4,17H,3,5H2,(H,16,19). The molecule has 1 amide bonds. The first kappa shape index (κ1) is 12.3. The quantitative estimate of drug-likeness (QED) is 0.622. The highest BCUT2D eigenvalue weighted by Crippen LogP contribution is 2.36. The molecule has 0 fully saturated rings. The van der Waals surface area contributed by atoms with Crippen molar-refractivity contribution in [2.24, 2.45) is 0 Å². The maximum absolute atomic E-state index is 12.0. The van der Waals surface area contributed by atoms with E-state index < -0.39 is 0 Å². The highest BCUT2D eigenvalue weighted by molar-refractivity contribution is 14.1. The van der Waals surface area contributed by atoms with Crippen molar-refractivity contribution in [2.75, 3.05) is 6.54 Å². The molecular formula is C13H9IN4OS. The van der Waals surface area contributed by atoms with Crippen LogP contribution in [0.25, 0.3) is 21.6 Å². The number of nitrogens with zero attached hydrogens (tertiary/aromatic N) is 2. The Morgan fingerprint density at radius 3 is 3.15 bits per heavy atom. The SMILES string of the molecule is O=C1NCCc2[nH]c(-c3snc4cccnc34)c(I)c21. The molecule has 0 unspecified atom stereocenters. The van der Waals surface area contributed by atoms with Crippen LogP contribution in [0.5, 0.6) is 0 Å². The van der Waals surface area contributed by atoms with Gasteiger partial charge in [-0.05, 0) is 46.3 Å². The summed E-state index contributed by atoms with van der Waals surface area (Å²) in [6.07, 6.45) is 2.60. The smallest absolute Gasteiger partial charge is 0.254 e. The molecule has 20 heavy (non-hydrogen) atoms. The summed E-state index contributed by atoms with van der Waals surface area (Å²) in [6, 6.07) is 3.83. The van der Waals surface area contributed by atoms with Crippen LogP contribution in [-0.4, -0.2) is 26.8 Å². The first-order valence-corrected chi connectivity index (χ1v) is 8.00. The minimum absolute atomic E-state index is 0.0000648. The van der Waals surface area contributed by atoms with Gasteiger partial charge in [0.25, 0.3) is 5.91 Å². The summed E-state index contributed by atoms with van der Waals surface area (Å²) in [7, 11) is 0. The zero-order chi connectivity index (χ0) is 13.7. The van der Waals surface area contributed by atoms with Crippen LogP contribution >= 0.6 is 34.1 Å². The number of carbonyl (C=O) groups is 1.